The lowest BCUT2D eigenvalue weighted by molar-refractivity contribution is 0.0941. The van der Waals surface area contributed by atoms with Gasteiger partial charge in [-0.1, -0.05) is 11.8 Å². The van der Waals surface area contributed by atoms with Crippen molar-refractivity contribution in [1.82, 2.24) is 14.8 Å². The predicted molar refractivity (Wildman–Crippen MR) is 94.5 cm³/mol. The number of ketones is 1. The van der Waals surface area contributed by atoms with Gasteiger partial charge >= 0.3 is 5.69 Å². The van der Waals surface area contributed by atoms with E-state index in [-0.39, 0.29) is 23.3 Å². The lowest BCUT2D eigenvalue weighted by Crippen LogP contribution is -2.25. The molecule has 7 nitrogen and oxygen atoms in total. The third-order valence-corrected chi connectivity index (χ3v) is 4.93. The minimum Gasteiger partial charge on any atom is -0.494 e. The first kappa shape index (κ1) is 17.8. The Morgan fingerprint density at radius 1 is 1.44 bits per heavy atom. The molecular formula is C17H21N3O4S. The Morgan fingerprint density at radius 3 is 2.92 bits per heavy atom. The molecule has 0 bridgehead atoms. The van der Waals surface area contributed by atoms with Gasteiger partial charge in [-0.2, -0.15) is 0 Å². The highest BCUT2D eigenvalue weighted by molar-refractivity contribution is 7.99. The maximum Gasteiger partial charge on any atom is 0.344 e. The Labute approximate surface area is 149 Å². The highest BCUT2D eigenvalue weighted by Gasteiger charge is 2.20. The molecule has 1 saturated heterocycles. The van der Waals surface area contributed by atoms with Crippen LogP contribution in [0.2, 0.25) is 0 Å². The third kappa shape index (κ3) is 4.52. The van der Waals surface area contributed by atoms with Crippen molar-refractivity contribution in [3.8, 4) is 5.75 Å². The van der Waals surface area contributed by atoms with Gasteiger partial charge in [-0.3, -0.25) is 9.36 Å². The minimum absolute atomic E-state index is 0.0211. The van der Waals surface area contributed by atoms with Crippen molar-refractivity contribution in [2.24, 2.45) is 0 Å². The Morgan fingerprint density at radius 2 is 2.24 bits per heavy atom. The SMILES string of the molecule is CCOc1ccc(C(=O)CSc2n[nH]c(=O)n2C[C@@H]2CCCO2)cc1. The van der Waals surface area contributed by atoms with Gasteiger partial charge in [0.25, 0.3) is 0 Å². The van der Waals surface area contributed by atoms with E-state index in [0.29, 0.717) is 23.9 Å². The van der Waals surface area contributed by atoms with Crippen molar-refractivity contribution >= 4 is 17.5 Å². The van der Waals surface area contributed by atoms with Crippen LogP contribution in [0.25, 0.3) is 0 Å². The molecule has 134 valence electrons. The zero-order chi connectivity index (χ0) is 17.6. The van der Waals surface area contributed by atoms with Crippen molar-refractivity contribution < 1.29 is 14.3 Å². The van der Waals surface area contributed by atoms with E-state index in [4.69, 9.17) is 9.47 Å². The molecule has 0 saturated carbocycles. The van der Waals surface area contributed by atoms with Crippen LogP contribution < -0.4 is 10.4 Å². The minimum atomic E-state index is -0.272. The molecule has 8 heteroatoms. The normalized spacial score (nSPS) is 16.9. The Hall–Kier alpha value is -2.06. The van der Waals surface area contributed by atoms with Crippen LogP contribution in [0.3, 0.4) is 0 Å². The summed E-state index contributed by atoms with van der Waals surface area (Å²) in [4.78, 5) is 24.3. The van der Waals surface area contributed by atoms with Crippen LogP contribution in [0.15, 0.2) is 34.2 Å². The molecule has 1 atom stereocenters. The largest absolute Gasteiger partial charge is 0.494 e. The van der Waals surface area contributed by atoms with Gasteiger partial charge in [0.05, 0.1) is 25.0 Å². The lowest BCUT2D eigenvalue weighted by atomic mass is 10.1. The summed E-state index contributed by atoms with van der Waals surface area (Å²) >= 11 is 1.25. The number of thioether (sulfide) groups is 1. The zero-order valence-corrected chi connectivity index (χ0v) is 14.9. The zero-order valence-electron chi connectivity index (χ0n) is 14.1. The van der Waals surface area contributed by atoms with E-state index in [9.17, 15) is 9.59 Å². The molecule has 1 aromatic heterocycles. The predicted octanol–water partition coefficient (Wildman–Crippen LogP) is 2.12. The summed E-state index contributed by atoms with van der Waals surface area (Å²) < 4.78 is 12.5. The Kier molecular flexibility index (Phi) is 5.93. The maximum atomic E-state index is 12.3. The number of hydrogen-bond donors (Lipinski definition) is 1. The molecule has 3 rings (SSSR count). The second-order valence-electron chi connectivity index (χ2n) is 5.73. The fourth-order valence-electron chi connectivity index (χ4n) is 2.68. The van der Waals surface area contributed by atoms with Crippen LogP contribution in [0, 0.1) is 0 Å². The first-order valence-corrected chi connectivity index (χ1v) is 9.31. The number of H-pyrrole nitrogens is 1. The topological polar surface area (TPSA) is 86.2 Å². The molecule has 1 fully saturated rings. The van der Waals surface area contributed by atoms with Crippen molar-refractivity contribution in [2.45, 2.75) is 37.6 Å². The third-order valence-electron chi connectivity index (χ3n) is 3.95. The first-order chi connectivity index (χ1) is 12.2. The van der Waals surface area contributed by atoms with E-state index in [1.54, 1.807) is 28.8 Å². The summed E-state index contributed by atoms with van der Waals surface area (Å²) in [7, 11) is 0. The average molecular weight is 363 g/mol. The number of Topliss-reactive ketones (excluding diaryl/α,β-unsaturated/α-hetero) is 1. The number of carbonyl (C=O) groups excluding carboxylic acids is 1. The summed E-state index contributed by atoms with van der Waals surface area (Å²) in [5.41, 5.74) is 0.339. The van der Waals surface area contributed by atoms with Crippen LogP contribution in [-0.4, -0.2) is 45.6 Å². The number of nitrogens with one attached hydrogen (secondary N) is 1. The van der Waals surface area contributed by atoms with E-state index in [2.05, 4.69) is 10.2 Å². The molecule has 1 N–H and O–H groups in total. The number of ether oxygens (including phenoxy) is 2. The van der Waals surface area contributed by atoms with Crippen molar-refractivity contribution in [3.63, 3.8) is 0 Å². The monoisotopic (exact) mass is 363 g/mol. The summed E-state index contributed by atoms with van der Waals surface area (Å²) in [6.45, 7) is 3.70. The highest BCUT2D eigenvalue weighted by Crippen LogP contribution is 2.20. The second-order valence-corrected chi connectivity index (χ2v) is 6.67. The molecule has 2 aromatic rings. The van der Waals surface area contributed by atoms with Gasteiger partial charge < -0.3 is 9.47 Å². The summed E-state index contributed by atoms with van der Waals surface area (Å²) in [6.07, 6.45) is 1.99. The van der Waals surface area contributed by atoms with Gasteiger partial charge in [-0.25, -0.2) is 9.89 Å². The fourth-order valence-corrected chi connectivity index (χ4v) is 3.53. The van der Waals surface area contributed by atoms with Crippen molar-refractivity contribution in [1.29, 1.82) is 0 Å². The number of aromatic amines is 1. The molecule has 25 heavy (non-hydrogen) atoms. The molecule has 1 aromatic carbocycles. The summed E-state index contributed by atoms with van der Waals surface area (Å²) in [5, 5.41) is 6.99. The molecule has 0 spiro atoms. The molecule has 0 radical (unpaired) electrons. The molecule has 0 aliphatic carbocycles. The van der Waals surface area contributed by atoms with Gasteiger partial charge in [0, 0.05) is 12.2 Å². The van der Waals surface area contributed by atoms with E-state index in [1.807, 2.05) is 6.92 Å². The summed E-state index contributed by atoms with van der Waals surface area (Å²) in [6, 6.07) is 7.06. The van der Waals surface area contributed by atoms with Crippen LogP contribution in [-0.2, 0) is 11.3 Å². The van der Waals surface area contributed by atoms with E-state index in [0.717, 1.165) is 25.2 Å². The number of benzene rings is 1. The van der Waals surface area contributed by atoms with Gasteiger partial charge in [-0.05, 0) is 44.0 Å². The number of nitrogens with zero attached hydrogens (tertiary/aromatic N) is 2. The molecule has 1 aliphatic heterocycles. The Bertz CT molecular complexity index is 763. The van der Waals surface area contributed by atoms with Crippen molar-refractivity contribution in [2.75, 3.05) is 19.0 Å². The van der Waals surface area contributed by atoms with Crippen LogP contribution >= 0.6 is 11.8 Å². The summed E-state index contributed by atoms with van der Waals surface area (Å²) in [5.74, 6) is 0.931. The van der Waals surface area contributed by atoms with Crippen molar-refractivity contribution in [3.05, 3.63) is 40.3 Å². The lowest BCUT2D eigenvalue weighted by Gasteiger charge is -2.10. The number of hydrogen-bond acceptors (Lipinski definition) is 6. The van der Waals surface area contributed by atoms with Gasteiger partial charge in [0.15, 0.2) is 10.9 Å². The number of rotatable bonds is 8. The van der Waals surface area contributed by atoms with Gasteiger partial charge in [0.2, 0.25) is 0 Å². The standard InChI is InChI=1S/C17H21N3O4S/c1-2-23-13-7-5-12(6-8-13)15(21)11-25-17-19-18-16(22)20(17)10-14-4-3-9-24-14/h5-8,14H,2-4,9-11H2,1H3,(H,18,22)/t14-/m0/s1. The molecule has 1 aliphatic rings. The number of aromatic nitrogens is 3. The molecular weight excluding hydrogens is 342 g/mol. The Balaban J connectivity index is 1.61. The number of carbonyl (C=O) groups is 1. The fraction of sp³-hybridized carbons (Fsp3) is 0.471. The maximum absolute atomic E-state index is 12.3. The van der Waals surface area contributed by atoms with Crippen LogP contribution in [0.5, 0.6) is 5.75 Å². The quantitative estimate of drug-likeness (QED) is 0.571. The van der Waals surface area contributed by atoms with Gasteiger partial charge in [0.1, 0.15) is 5.75 Å². The van der Waals surface area contributed by atoms with Gasteiger partial charge in [-0.15, -0.1) is 5.10 Å². The highest BCUT2D eigenvalue weighted by atomic mass is 32.2. The van der Waals surface area contributed by atoms with E-state index in [1.165, 1.54) is 11.8 Å². The van der Waals surface area contributed by atoms with E-state index < -0.39 is 0 Å². The smallest absolute Gasteiger partial charge is 0.344 e. The van der Waals surface area contributed by atoms with Crippen LogP contribution in [0.4, 0.5) is 0 Å². The van der Waals surface area contributed by atoms with Crippen LogP contribution in [0.1, 0.15) is 30.1 Å². The molecule has 2 heterocycles. The average Bonchev–Trinajstić information content (AvgIpc) is 3.25. The van der Waals surface area contributed by atoms with E-state index >= 15 is 0 Å². The molecule has 0 amide bonds. The first-order valence-electron chi connectivity index (χ1n) is 8.33. The second kappa shape index (κ2) is 8.35. The molecule has 0 unspecified atom stereocenters.